The molecule has 23 heavy (non-hydrogen) atoms. The maximum Gasteiger partial charge on any atom is 0.262 e. The van der Waals surface area contributed by atoms with E-state index in [0.717, 1.165) is 36.4 Å². The average molecular weight is 338 g/mol. The van der Waals surface area contributed by atoms with Gasteiger partial charge in [0.2, 0.25) is 5.91 Å². The highest BCUT2D eigenvalue weighted by atomic mass is 35.5. The van der Waals surface area contributed by atoms with Gasteiger partial charge in [-0.3, -0.25) is 19.3 Å². The standard InChI is InChI=1S/C16H19N3O3.ClH/c1-10-4-5-12-13(7-10)16(22)19(15(12)21)9-14(20)18-11-3-2-6-17-8-11;/h4-5,7,11,17H,2-3,6,8-9H2,1H3,(H,18,20);1H. The molecule has 0 bridgehead atoms. The minimum Gasteiger partial charge on any atom is -0.351 e. The molecule has 2 aliphatic heterocycles. The summed E-state index contributed by atoms with van der Waals surface area (Å²) in [7, 11) is 0. The monoisotopic (exact) mass is 337 g/mol. The summed E-state index contributed by atoms with van der Waals surface area (Å²) in [5.41, 5.74) is 1.68. The van der Waals surface area contributed by atoms with Crippen molar-refractivity contribution in [2.75, 3.05) is 19.6 Å². The van der Waals surface area contributed by atoms with Gasteiger partial charge in [0.25, 0.3) is 11.8 Å². The Balaban J connectivity index is 0.00000192. The number of imide groups is 1. The number of benzene rings is 1. The molecule has 1 aromatic carbocycles. The predicted molar refractivity (Wildman–Crippen MR) is 87.8 cm³/mol. The van der Waals surface area contributed by atoms with Gasteiger partial charge in [-0.05, 0) is 38.4 Å². The van der Waals surface area contributed by atoms with Crippen molar-refractivity contribution in [3.8, 4) is 0 Å². The zero-order chi connectivity index (χ0) is 15.7. The van der Waals surface area contributed by atoms with E-state index in [0.29, 0.717) is 11.1 Å². The van der Waals surface area contributed by atoms with E-state index < -0.39 is 5.91 Å². The number of aryl methyl sites for hydroxylation is 1. The molecular formula is C16H20ClN3O3. The third kappa shape index (κ3) is 3.54. The number of nitrogens with one attached hydrogen (secondary N) is 2. The van der Waals surface area contributed by atoms with E-state index in [2.05, 4.69) is 10.6 Å². The van der Waals surface area contributed by atoms with Crippen LogP contribution in [0.15, 0.2) is 18.2 Å². The quantitative estimate of drug-likeness (QED) is 0.803. The van der Waals surface area contributed by atoms with Crippen molar-refractivity contribution in [3.63, 3.8) is 0 Å². The number of amides is 3. The van der Waals surface area contributed by atoms with E-state index in [1.54, 1.807) is 18.2 Å². The highest BCUT2D eigenvalue weighted by Crippen LogP contribution is 2.23. The molecule has 1 aromatic rings. The van der Waals surface area contributed by atoms with Gasteiger partial charge < -0.3 is 10.6 Å². The number of nitrogens with zero attached hydrogens (tertiary/aromatic N) is 1. The summed E-state index contributed by atoms with van der Waals surface area (Å²) in [6.07, 6.45) is 1.93. The maximum absolute atomic E-state index is 12.3. The molecule has 0 spiro atoms. The van der Waals surface area contributed by atoms with Crippen LogP contribution >= 0.6 is 12.4 Å². The predicted octanol–water partition coefficient (Wildman–Crippen LogP) is 0.881. The lowest BCUT2D eigenvalue weighted by molar-refractivity contribution is -0.122. The second-order valence-electron chi connectivity index (χ2n) is 5.86. The van der Waals surface area contributed by atoms with Gasteiger partial charge in [-0.2, -0.15) is 0 Å². The van der Waals surface area contributed by atoms with Gasteiger partial charge in [0, 0.05) is 12.6 Å². The summed E-state index contributed by atoms with van der Waals surface area (Å²) >= 11 is 0. The number of carbonyl (C=O) groups is 3. The normalized spacial score (nSPS) is 20.0. The topological polar surface area (TPSA) is 78.5 Å². The Morgan fingerprint density at radius 2 is 2.04 bits per heavy atom. The fourth-order valence-corrected chi connectivity index (χ4v) is 2.94. The van der Waals surface area contributed by atoms with Crippen LogP contribution in [0.2, 0.25) is 0 Å². The number of hydrogen-bond acceptors (Lipinski definition) is 4. The van der Waals surface area contributed by atoms with E-state index in [-0.39, 0.29) is 36.8 Å². The fraction of sp³-hybridized carbons (Fsp3) is 0.438. The summed E-state index contributed by atoms with van der Waals surface area (Å²) in [6.45, 7) is 3.34. The van der Waals surface area contributed by atoms with Crippen LogP contribution in [0.3, 0.4) is 0 Å². The van der Waals surface area contributed by atoms with Gasteiger partial charge >= 0.3 is 0 Å². The molecule has 7 heteroatoms. The highest BCUT2D eigenvalue weighted by molar-refractivity contribution is 6.22. The SMILES string of the molecule is Cc1ccc2c(c1)C(=O)N(CC(=O)NC1CCCNC1)C2=O.Cl. The van der Waals surface area contributed by atoms with Crippen molar-refractivity contribution in [1.29, 1.82) is 0 Å². The van der Waals surface area contributed by atoms with Crippen LogP contribution in [-0.4, -0.2) is 48.3 Å². The second kappa shape index (κ2) is 7.10. The molecule has 0 aromatic heterocycles. The van der Waals surface area contributed by atoms with Crippen molar-refractivity contribution >= 4 is 30.1 Å². The van der Waals surface area contributed by atoms with Crippen LogP contribution in [0.5, 0.6) is 0 Å². The summed E-state index contributed by atoms with van der Waals surface area (Å²) in [6, 6.07) is 5.20. The molecule has 0 aliphatic carbocycles. The van der Waals surface area contributed by atoms with Gasteiger partial charge in [-0.15, -0.1) is 12.4 Å². The summed E-state index contributed by atoms with van der Waals surface area (Å²) < 4.78 is 0. The second-order valence-corrected chi connectivity index (χ2v) is 5.86. The minimum atomic E-state index is -0.392. The third-order valence-corrected chi connectivity index (χ3v) is 4.09. The molecule has 3 amide bonds. The van der Waals surface area contributed by atoms with Crippen LogP contribution in [0.4, 0.5) is 0 Å². The third-order valence-electron chi connectivity index (χ3n) is 4.09. The van der Waals surface area contributed by atoms with E-state index in [1.165, 1.54) is 0 Å². The van der Waals surface area contributed by atoms with Gasteiger partial charge in [-0.1, -0.05) is 11.6 Å². The van der Waals surface area contributed by atoms with Crippen LogP contribution in [0.25, 0.3) is 0 Å². The number of fused-ring (bicyclic) bond motifs is 1. The number of carbonyl (C=O) groups excluding carboxylic acids is 3. The highest BCUT2D eigenvalue weighted by Gasteiger charge is 2.36. The summed E-state index contributed by atoms with van der Waals surface area (Å²) in [5, 5.41) is 6.09. The van der Waals surface area contributed by atoms with Crippen molar-refractivity contribution in [2.24, 2.45) is 0 Å². The molecular weight excluding hydrogens is 318 g/mol. The van der Waals surface area contributed by atoms with E-state index in [9.17, 15) is 14.4 Å². The molecule has 2 N–H and O–H groups in total. The molecule has 1 atom stereocenters. The first kappa shape index (κ1) is 17.4. The fourth-order valence-electron chi connectivity index (χ4n) is 2.94. The van der Waals surface area contributed by atoms with E-state index in [1.807, 2.05) is 6.92 Å². The van der Waals surface area contributed by atoms with Crippen LogP contribution in [-0.2, 0) is 4.79 Å². The zero-order valence-electron chi connectivity index (χ0n) is 12.9. The van der Waals surface area contributed by atoms with Crippen LogP contribution in [0, 0.1) is 6.92 Å². The van der Waals surface area contributed by atoms with Crippen LogP contribution < -0.4 is 10.6 Å². The Morgan fingerprint density at radius 3 is 2.74 bits per heavy atom. The molecule has 1 saturated heterocycles. The van der Waals surface area contributed by atoms with Gasteiger partial charge in [-0.25, -0.2) is 0 Å². The van der Waals surface area contributed by atoms with Gasteiger partial charge in [0.15, 0.2) is 0 Å². The van der Waals surface area contributed by atoms with Gasteiger partial charge in [0.1, 0.15) is 6.54 Å². The van der Waals surface area contributed by atoms with E-state index in [4.69, 9.17) is 0 Å². The molecule has 0 radical (unpaired) electrons. The lowest BCUT2D eigenvalue weighted by Gasteiger charge is -2.24. The lowest BCUT2D eigenvalue weighted by Crippen LogP contribution is -2.49. The molecule has 1 fully saturated rings. The molecule has 2 heterocycles. The lowest BCUT2D eigenvalue weighted by atomic mass is 10.1. The number of hydrogen-bond donors (Lipinski definition) is 2. The van der Waals surface area contributed by atoms with Crippen molar-refractivity contribution < 1.29 is 14.4 Å². The molecule has 6 nitrogen and oxygen atoms in total. The molecule has 2 aliphatic rings. The number of piperidine rings is 1. The number of rotatable bonds is 3. The average Bonchev–Trinajstić information content (AvgIpc) is 2.73. The molecule has 3 rings (SSSR count). The first-order chi connectivity index (χ1) is 10.6. The largest absolute Gasteiger partial charge is 0.351 e. The smallest absolute Gasteiger partial charge is 0.262 e. The molecule has 1 unspecified atom stereocenters. The van der Waals surface area contributed by atoms with Crippen molar-refractivity contribution in [2.45, 2.75) is 25.8 Å². The van der Waals surface area contributed by atoms with E-state index >= 15 is 0 Å². The van der Waals surface area contributed by atoms with Gasteiger partial charge in [0.05, 0.1) is 11.1 Å². The Labute approximate surface area is 141 Å². The first-order valence-electron chi connectivity index (χ1n) is 7.53. The minimum absolute atomic E-state index is 0. The van der Waals surface area contributed by atoms with Crippen molar-refractivity contribution in [3.05, 3.63) is 34.9 Å². The first-order valence-corrected chi connectivity index (χ1v) is 7.53. The molecule has 124 valence electrons. The molecule has 0 saturated carbocycles. The zero-order valence-corrected chi connectivity index (χ0v) is 13.7. The summed E-state index contributed by atoms with van der Waals surface area (Å²) in [4.78, 5) is 37.7. The Morgan fingerprint density at radius 1 is 1.30 bits per heavy atom. The maximum atomic E-state index is 12.3. The Bertz CT molecular complexity index is 641. The Hall–Kier alpha value is -1.92. The summed E-state index contributed by atoms with van der Waals surface area (Å²) in [5.74, 6) is -1.07. The van der Waals surface area contributed by atoms with Crippen LogP contribution in [0.1, 0.15) is 39.1 Å². The number of halogens is 1. The Kier molecular flexibility index (Phi) is 5.38. The van der Waals surface area contributed by atoms with Crippen molar-refractivity contribution in [1.82, 2.24) is 15.5 Å².